The maximum absolute atomic E-state index is 13.0. The van der Waals surface area contributed by atoms with Crippen molar-refractivity contribution in [2.24, 2.45) is 0 Å². The summed E-state index contributed by atoms with van der Waals surface area (Å²) in [5.74, 6) is 0.381. The Morgan fingerprint density at radius 3 is 2.62 bits per heavy atom. The van der Waals surface area contributed by atoms with Crippen LogP contribution >= 0.6 is 0 Å². The molecular weight excluding hydrogens is 377 g/mol. The van der Waals surface area contributed by atoms with Crippen LogP contribution in [-0.2, 0) is 16.0 Å². The topological polar surface area (TPSA) is 91.6 Å². The Labute approximate surface area is 168 Å². The minimum atomic E-state index is -0.333. The van der Waals surface area contributed by atoms with Gasteiger partial charge in [-0.05, 0) is 24.3 Å². The summed E-state index contributed by atoms with van der Waals surface area (Å²) < 4.78 is 18.2. The molecule has 2 aromatic rings. The maximum Gasteiger partial charge on any atom is 0.234 e. The van der Waals surface area contributed by atoms with Crippen LogP contribution in [0.25, 0.3) is 11.4 Å². The molecule has 0 bridgehead atoms. The summed E-state index contributed by atoms with van der Waals surface area (Å²) >= 11 is 0. The van der Waals surface area contributed by atoms with E-state index in [1.165, 1.54) is 12.1 Å². The van der Waals surface area contributed by atoms with Crippen molar-refractivity contribution in [3.8, 4) is 11.4 Å². The summed E-state index contributed by atoms with van der Waals surface area (Å²) in [6, 6.07) is 5.81. The highest BCUT2D eigenvalue weighted by molar-refractivity contribution is 5.78. The number of carbonyl (C=O) groups is 2. The van der Waals surface area contributed by atoms with Crippen LogP contribution < -0.4 is 5.32 Å². The number of aryl methyl sites for hydroxylation is 1. The van der Waals surface area contributed by atoms with Crippen LogP contribution in [0.4, 0.5) is 4.39 Å². The van der Waals surface area contributed by atoms with Gasteiger partial charge in [-0.2, -0.15) is 4.98 Å². The van der Waals surface area contributed by atoms with Gasteiger partial charge in [0.25, 0.3) is 0 Å². The normalized spacial score (nSPS) is 14.6. The molecule has 29 heavy (non-hydrogen) atoms. The molecule has 1 N–H and O–H groups in total. The van der Waals surface area contributed by atoms with Crippen molar-refractivity contribution in [1.82, 2.24) is 25.3 Å². The fraction of sp³-hybridized carbons (Fsp3) is 0.400. The van der Waals surface area contributed by atoms with Crippen molar-refractivity contribution in [3.05, 3.63) is 48.6 Å². The molecule has 1 fully saturated rings. The van der Waals surface area contributed by atoms with Gasteiger partial charge in [0.2, 0.25) is 23.5 Å². The maximum atomic E-state index is 13.0. The molecule has 0 aliphatic carbocycles. The first kappa shape index (κ1) is 20.7. The third kappa shape index (κ3) is 5.95. The van der Waals surface area contributed by atoms with Crippen LogP contribution in [0.1, 0.15) is 12.3 Å². The Hall–Kier alpha value is -3.07. The van der Waals surface area contributed by atoms with Crippen LogP contribution in [0.5, 0.6) is 0 Å². The van der Waals surface area contributed by atoms with Gasteiger partial charge in [0.1, 0.15) is 5.82 Å². The van der Waals surface area contributed by atoms with Crippen molar-refractivity contribution in [2.75, 3.05) is 39.3 Å². The van der Waals surface area contributed by atoms with E-state index < -0.39 is 0 Å². The van der Waals surface area contributed by atoms with E-state index in [2.05, 4.69) is 22.0 Å². The Morgan fingerprint density at radius 2 is 1.93 bits per heavy atom. The van der Waals surface area contributed by atoms with E-state index in [4.69, 9.17) is 4.52 Å². The highest BCUT2D eigenvalue weighted by atomic mass is 19.1. The minimum absolute atomic E-state index is 0.0160. The van der Waals surface area contributed by atoms with Crippen LogP contribution in [0.2, 0.25) is 0 Å². The molecule has 2 amide bonds. The smallest absolute Gasteiger partial charge is 0.234 e. The summed E-state index contributed by atoms with van der Waals surface area (Å²) in [5.41, 5.74) is 0.654. The zero-order valence-electron chi connectivity index (χ0n) is 16.1. The third-order valence-corrected chi connectivity index (χ3v) is 4.66. The van der Waals surface area contributed by atoms with Gasteiger partial charge in [0.05, 0.1) is 6.54 Å². The predicted molar refractivity (Wildman–Crippen MR) is 104 cm³/mol. The van der Waals surface area contributed by atoms with Crippen molar-refractivity contribution in [2.45, 2.75) is 12.8 Å². The fourth-order valence-electron chi connectivity index (χ4n) is 3.04. The van der Waals surface area contributed by atoms with Gasteiger partial charge in [0.15, 0.2) is 0 Å². The average molecular weight is 401 g/mol. The lowest BCUT2D eigenvalue weighted by atomic mass is 10.2. The summed E-state index contributed by atoms with van der Waals surface area (Å²) in [7, 11) is 0. The molecule has 0 spiro atoms. The second-order valence-corrected chi connectivity index (χ2v) is 6.77. The molecule has 1 saturated heterocycles. The van der Waals surface area contributed by atoms with Crippen molar-refractivity contribution >= 4 is 11.8 Å². The number of benzene rings is 1. The number of hydrogen-bond donors (Lipinski definition) is 1. The molecule has 0 radical (unpaired) electrons. The first-order valence-electron chi connectivity index (χ1n) is 9.51. The predicted octanol–water partition coefficient (Wildman–Crippen LogP) is 1.25. The molecule has 1 aliphatic rings. The average Bonchev–Trinajstić information content (AvgIpc) is 3.20. The van der Waals surface area contributed by atoms with E-state index in [0.717, 1.165) is 0 Å². The summed E-state index contributed by atoms with van der Waals surface area (Å²) in [6.45, 7) is 6.82. The Bertz CT molecular complexity index is 844. The number of hydrogen-bond acceptors (Lipinski definition) is 6. The molecule has 2 heterocycles. The highest BCUT2D eigenvalue weighted by Crippen LogP contribution is 2.17. The quantitative estimate of drug-likeness (QED) is 0.670. The van der Waals surface area contributed by atoms with Gasteiger partial charge in [0, 0.05) is 51.1 Å². The molecule has 8 nitrogen and oxygen atoms in total. The minimum Gasteiger partial charge on any atom is -0.352 e. The molecular formula is C20H24FN5O3. The number of halogens is 1. The number of aromatic nitrogens is 2. The molecule has 1 aromatic heterocycles. The molecule has 1 aliphatic heterocycles. The first-order valence-corrected chi connectivity index (χ1v) is 9.51. The Morgan fingerprint density at radius 1 is 1.21 bits per heavy atom. The highest BCUT2D eigenvalue weighted by Gasteiger charge is 2.22. The van der Waals surface area contributed by atoms with Crippen molar-refractivity contribution < 1.29 is 18.5 Å². The lowest BCUT2D eigenvalue weighted by Gasteiger charge is -2.34. The van der Waals surface area contributed by atoms with Crippen molar-refractivity contribution in [1.29, 1.82) is 0 Å². The summed E-state index contributed by atoms with van der Waals surface area (Å²) in [4.78, 5) is 32.3. The lowest BCUT2D eigenvalue weighted by Crippen LogP contribution is -2.51. The van der Waals surface area contributed by atoms with E-state index in [1.54, 1.807) is 23.1 Å². The largest absolute Gasteiger partial charge is 0.352 e. The zero-order chi connectivity index (χ0) is 20.6. The van der Waals surface area contributed by atoms with Gasteiger partial charge >= 0.3 is 0 Å². The van der Waals surface area contributed by atoms with Crippen LogP contribution in [-0.4, -0.2) is 71.0 Å². The van der Waals surface area contributed by atoms with Crippen LogP contribution in [0.3, 0.4) is 0 Å². The first-order chi connectivity index (χ1) is 14.0. The molecule has 0 atom stereocenters. The van der Waals surface area contributed by atoms with Crippen LogP contribution in [0, 0.1) is 5.82 Å². The number of nitrogens with one attached hydrogen (secondary N) is 1. The number of carbonyl (C=O) groups excluding carboxylic acids is 2. The molecule has 0 unspecified atom stereocenters. The van der Waals surface area contributed by atoms with Crippen molar-refractivity contribution in [3.63, 3.8) is 0 Å². The SMILES string of the molecule is C=CCNC(=O)CN1CCN(C(=O)CCc2nc(-c3ccc(F)cc3)no2)CC1. The van der Waals surface area contributed by atoms with Gasteiger partial charge in [-0.25, -0.2) is 4.39 Å². The molecule has 154 valence electrons. The molecule has 0 saturated carbocycles. The van der Waals surface area contributed by atoms with Gasteiger partial charge in [-0.1, -0.05) is 11.2 Å². The number of piperazine rings is 1. The van der Waals surface area contributed by atoms with E-state index >= 15 is 0 Å². The number of nitrogens with zero attached hydrogens (tertiary/aromatic N) is 4. The summed E-state index contributed by atoms with van der Waals surface area (Å²) in [5, 5.41) is 6.63. The fourth-order valence-corrected chi connectivity index (χ4v) is 3.04. The van der Waals surface area contributed by atoms with Crippen LogP contribution in [0.15, 0.2) is 41.4 Å². The monoisotopic (exact) mass is 401 g/mol. The second-order valence-electron chi connectivity index (χ2n) is 6.77. The third-order valence-electron chi connectivity index (χ3n) is 4.66. The number of amides is 2. The molecule has 3 rings (SSSR count). The second kappa shape index (κ2) is 9.92. The Kier molecular flexibility index (Phi) is 7.07. The molecule has 9 heteroatoms. The Balaban J connectivity index is 1.42. The van der Waals surface area contributed by atoms with E-state index in [0.29, 0.717) is 63.0 Å². The zero-order valence-corrected chi connectivity index (χ0v) is 16.1. The van der Waals surface area contributed by atoms with Gasteiger partial charge in [-0.15, -0.1) is 6.58 Å². The van der Waals surface area contributed by atoms with Gasteiger partial charge in [-0.3, -0.25) is 14.5 Å². The lowest BCUT2D eigenvalue weighted by molar-refractivity contribution is -0.133. The van der Waals surface area contributed by atoms with Gasteiger partial charge < -0.3 is 14.7 Å². The van der Waals surface area contributed by atoms with E-state index in [-0.39, 0.29) is 24.1 Å². The standard InChI is InChI=1S/C20H24FN5O3/c1-2-9-22-17(27)14-25-10-12-26(13-11-25)19(28)8-7-18-23-20(24-29-18)15-3-5-16(21)6-4-15/h2-6H,1,7-14H2,(H,22,27). The number of rotatable bonds is 8. The molecule has 1 aromatic carbocycles. The summed E-state index contributed by atoms with van der Waals surface area (Å²) in [6.07, 6.45) is 2.25. The van der Waals surface area contributed by atoms with E-state index in [9.17, 15) is 14.0 Å². The van der Waals surface area contributed by atoms with E-state index in [1.807, 2.05) is 4.90 Å².